The van der Waals surface area contributed by atoms with Crippen molar-refractivity contribution in [3.05, 3.63) is 71.8 Å². The Hall–Kier alpha value is -2.86. The fourth-order valence-corrected chi connectivity index (χ4v) is 2.93. The Balaban J connectivity index is 1.45. The number of amides is 1. The van der Waals surface area contributed by atoms with E-state index in [1.54, 1.807) is 0 Å². The zero-order valence-corrected chi connectivity index (χ0v) is 15.0. The molecule has 1 fully saturated rings. The van der Waals surface area contributed by atoms with Gasteiger partial charge in [-0.1, -0.05) is 60.7 Å². The van der Waals surface area contributed by atoms with Gasteiger partial charge in [0.2, 0.25) is 0 Å². The first-order valence-corrected chi connectivity index (χ1v) is 8.96. The van der Waals surface area contributed by atoms with Crippen molar-refractivity contribution in [1.29, 1.82) is 0 Å². The maximum atomic E-state index is 12.3. The van der Waals surface area contributed by atoms with Crippen molar-refractivity contribution < 1.29 is 24.2 Å². The Morgan fingerprint density at radius 2 is 1.33 bits per heavy atom. The molecule has 1 heterocycles. The summed E-state index contributed by atoms with van der Waals surface area (Å²) in [5, 5.41) is 10.6. The number of ether oxygens (including phenoxy) is 2. The molecule has 27 heavy (non-hydrogen) atoms. The zero-order valence-electron chi connectivity index (χ0n) is 15.0. The van der Waals surface area contributed by atoms with E-state index in [9.17, 15) is 14.7 Å². The van der Waals surface area contributed by atoms with Crippen molar-refractivity contribution >= 4 is 12.1 Å². The Labute approximate surface area is 158 Å². The lowest BCUT2D eigenvalue weighted by Crippen LogP contribution is -2.51. The van der Waals surface area contributed by atoms with E-state index in [-0.39, 0.29) is 39.1 Å². The summed E-state index contributed by atoms with van der Waals surface area (Å²) in [7, 11) is 0. The average molecular weight is 369 g/mol. The first-order valence-electron chi connectivity index (χ1n) is 8.96. The fraction of sp³-hybridized carbons (Fsp3) is 0.333. The van der Waals surface area contributed by atoms with Crippen LogP contribution in [-0.4, -0.2) is 40.8 Å². The number of carbonyl (C=O) groups is 2. The summed E-state index contributed by atoms with van der Waals surface area (Å²) in [6.45, 7) is 0.791. The highest BCUT2D eigenvalue weighted by molar-refractivity contribution is 5.80. The molecule has 0 atom stereocenters. The number of rotatable bonds is 5. The van der Waals surface area contributed by atoms with Gasteiger partial charge in [-0.3, -0.25) is 0 Å². The maximum absolute atomic E-state index is 12.3. The SMILES string of the molecule is O=C(OCc1ccccc1)N1CCC(O)(C(=O)OCc2ccccc2)CC1. The molecule has 0 spiro atoms. The molecule has 0 aliphatic carbocycles. The van der Waals surface area contributed by atoms with Crippen molar-refractivity contribution in [3.8, 4) is 0 Å². The lowest BCUT2D eigenvalue weighted by atomic mass is 9.92. The predicted octanol–water partition coefficient (Wildman–Crippen LogP) is 2.89. The molecule has 6 nitrogen and oxygen atoms in total. The van der Waals surface area contributed by atoms with Gasteiger partial charge >= 0.3 is 12.1 Å². The van der Waals surface area contributed by atoms with Crippen LogP contribution in [0.5, 0.6) is 0 Å². The topological polar surface area (TPSA) is 76.1 Å². The van der Waals surface area contributed by atoms with Crippen LogP contribution >= 0.6 is 0 Å². The van der Waals surface area contributed by atoms with E-state index in [4.69, 9.17) is 9.47 Å². The minimum Gasteiger partial charge on any atom is -0.459 e. The molecule has 2 aromatic carbocycles. The molecule has 0 unspecified atom stereocenters. The second-order valence-corrected chi connectivity index (χ2v) is 6.62. The molecule has 142 valence electrons. The van der Waals surface area contributed by atoms with E-state index < -0.39 is 17.7 Å². The molecule has 0 radical (unpaired) electrons. The van der Waals surface area contributed by atoms with E-state index in [0.29, 0.717) is 0 Å². The van der Waals surface area contributed by atoms with Gasteiger partial charge in [-0.25, -0.2) is 9.59 Å². The molecule has 1 aliphatic heterocycles. The van der Waals surface area contributed by atoms with Crippen LogP contribution in [0.15, 0.2) is 60.7 Å². The molecule has 1 N–H and O–H groups in total. The number of carbonyl (C=O) groups excluding carboxylic acids is 2. The van der Waals surface area contributed by atoms with Crippen molar-refractivity contribution in [2.24, 2.45) is 0 Å². The van der Waals surface area contributed by atoms with E-state index in [2.05, 4.69) is 0 Å². The molecule has 1 saturated heterocycles. The van der Waals surface area contributed by atoms with Crippen molar-refractivity contribution in [1.82, 2.24) is 4.90 Å². The summed E-state index contributed by atoms with van der Waals surface area (Å²) in [6, 6.07) is 18.7. The van der Waals surface area contributed by atoms with Crippen molar-refractivity contribution in [3.63, 3.8) is 0 Å². The Kier molecular flexibility index (Phi) is 6.08. The number of hydrogen-bond donors (Lipinski definition) is 1. The van der Waals surface area contributed by atoms with Gasteiger partial charge in [0.25, 0.3) is 0 Å². The normalized spacial score (nSPS) is 15.8. The van der Waals surface area contributed by atoms with E-state index in [1.165, 1.54) is 4.90 Å². The molecule has 6 heteroatoms. The van der Waals surface area contributed by atoms with Gasteiger partial charge in [-0.15, -0.1) is 0 Å². The maximum Gasteiger partial charge on any atom is 0.410 e. The molecular formula is C21H23NO5. The second kappa shape index (κ2) is 8.68. The van der Waals surface area contributed by atoms with Crippen LogP contribution in [0.1, 0.15) is 24.0 Å². The minimum absolute atomic E-state index is 0.116. The summed E-state index contributed by atoms with van der Waals surface area (Å²) in [6.07, 6.45) is -0.194. The molecular weight excluding hydrogens is 346 g/mol. The molecule has 3 rings (SSSR count). The average Bonchev–Trinajstić information content (AvgIpc) is 2.72. The highest BCUT2D eigenvalue weighted by Crippen LogP contribution is 2.25. The highest BCUT2D eigenvalue weighted by Gasteiger charge is 2.42. The number of benzene rings is 2. The fourth-order valence-electron chi connectivity index (χ4n) is 2.93. The van der Waals surface area contributed by atoms with E-state index >= 15 is 0 Å². The Morgan fingerprint density at radius 3 is 1.85 bits per heavy atom. The summed E-state index contributed by atoms with van der Waals surface area (Å²) in [5.74, 6) is -0.649. The van der Waals surface area contributed by atoms with Gasteiger partial charge in [0, 0.05) is 25.9 Å². The molecule has 0 bridgehead atoms. The summed E-state index contributed by atoms with van der Waals surface area (Å²) >= 11 is 0. The number of likely N-dealkylation sites (tertiary alicyclic amines) is 1. The number of hydrogen-bond acceptors (Lipinski definition) is 5. The lowest BCUT2D eigenvalue weighted by molar-refractivity contribution is -0.171. The monoisotopic (exact) mass is 369 g/mol. The van der Waals surface area contributed by atoms with E-state index in [0.717, 1.165) is 11.1 Å². The molecule has 0 saturated carbocycles. The van der Waals surface area contributed by atoms with Gasteiger partial charge in [-0.05, 0) is 11.1 Å². The van der Waals surface area contributed by atoms with Crippen LogP contribution in [0.3, 0.4) is 0 Å². The molecule has 1 aliphatic rings. The number of aliphatic hydroxyl groups is 1. The van der Waals surface area contributed by atoms with Gasteiger partial charge in [0.1, 0.15) is 13.2 Å². The Bertz CT molecular complexity index is 755. The van der Waals surface area contributed by atoms with Gasteiger partial charge in [0.15, 0.2) is 5.60 Å². The number of esters is 1. The number of piperidine rings is 1. The van der Waals surface area contributed by atoms with Gasteiger partial charge < -0.3 is 19.5 Å². The third-order valence-corrected chi connectivity index (χ3v) is 4.65. The minimum atomic E-state index is -1.56. The second-order valence-electron chi connectivity index (χ2n) is 6.62. The predicted molar refractivity (Wildman–Crippen MR) is 98.6 cm³/mol. The van der Waals surface area contributed by atoms with Crippen LogP contribution in [0.4, 0.5) is 4.79 Å². The largest absolute Gasteiger partial charge is 0.459 e. The van der Waals surface area contributed by atoms with Crippen LogP contribution in [0.2, 0.25) is 0 Å². The van der Waals surface area contributed by atoms with Crippen molar-refractivity contribution in [2.45, 2.75) is 31.7 Å². The van der Waals surface area contributed by atoms with Crippen molar-refractivity contribution in [2.75, 3.05) is 13.1 Å². The highest BCUT2D eigenvalue weighted by atomic mass is 16.6. The lowest BCUT2D eigenvalue weighted by Gasteiger charge is -2.35. The smallest absolute Gasteiger partial charge is 0.410 e. The van der Waals surface area contributed by atoms with E-state index in [1.807, 2.05) is 60.7 Å². The standard InChI is InChI=1S/C21H23NO5/c23-19(26-15-17-7-3-1-4-8-17)21(25)11-13-22(14-12-21)20(24)27-16-18-9-5-2-6-10-18/h1-10,25H,11-16H2. The summed E-state index contributed by atoms with van der Waals surface area (Å²) in [4.78, 5) is 25.9. The summed E-state index contributed by atoms with van der Waals surface area (Å²) in [5.41, 5.74) is 0.200. The quantitative estimate of drug-likeness (QED) is 0.820. The van der Waals surface area contributed by atoms with Crippen LogP contribution in [0.25, 0.3) is 0 Å². The third-order valence-electron chi connectivity index (χ3n) is 4.65. The zero-order chi connectivity index (χ0) is 19.1. The van der Waals surface area contributed by atoms with Crippen LogP contribution < -0.4 is 0 Å². The first-order chi connectivity index (χ1) is 13.1. The first kappa shape index (κ1) is 18.9. The summed E-state index contributed by atoms with van der Waals surface area (Å²) < 4.78 is 10.5. The molecule has 2 aromatic rings. The molecule has 1 amide bonds. The third kappa shape index (κ3) is 5.08. The van der Waals surface area contributed by atoms with Gasteiger partial charge in [-0.2, -0.15) is 0 Å². The van der Waals surface area contributed by atoms with Crippen LogP contribution in [-0.2, 0) is 27.5 Å². The number of nitrogens with zero attached hydrogens (tertiary/aromatic N) is 1. The molecule has 0 aromatic heterocycles. The van der Waals surface area contributed by atoms with Crippen LogP contribution in [0, 0.1) is 0 Å². The Morgan fingerprint density at radius 1 is 0.852 bits per heavy atom. The van der Waals surface area contributed by atoms with Gasteiger partial charge in [0.05, 0.1) is 0 Å².